The fraction of sp³-hybridized carbons (Fsp3) is 0.733. The molecule has 3 heteroatoms. The molecule has 0 bridgehead atoms. The second-order valence-corrected chi connectivity index (χ2v) is 3.98. The molecule has 0 aromatic heterocycles. The molecule has 1 heterocycles. The van der Waals surface area contributed by atoms with E-state index in [9.17, 15) is 0 Å². The van der Waals surface area contributed by atoms with Crippen LogP contribution in [-0.2, 0) is 0 Å². The van der Waals surface area contributed by atoms with E-state index in [0.717, 1.165) is 19.5 Å². The summed E-state index contributed by atoms with van der Waals surface area (Å²) in [6.07, 6.45) is 6.11. The molecule has 0 saturated carbocycles. The maximum Gasteiger partial charge on any atom is 0.0104 e. The summed E-state index contributed by atoms with van der Waals surface area (Å²) in [7, 11) is 4.09. The first kappa shape index (κ1) is 19.5. The molecule has 0 amide bonds. The zero-order valence-electron chi connectivity index (χ0n) is 13.1. The summed E-state index contributed by atoms with van der Waals surface area (Å²) in [5, 5.41) is 6.37. The first-order valence-corrected chi connectivity index (χ1v) is 7.13. The average Bonchev–Trinajstić information content (AvgIpc) is 2.42. The highest BCUT2D eigenvalue weighted by Crippen LogP contribution is 1.98. The quantitative estimate of drug-likeness (QED) is 0.756. The number of nitrogens with one attached hydrogen (secondary N) is 2. The van der Waals surface area contributed by atoms with Crippen LogP contribution in [0.5, 0.6) is 0 Å². The fourth-order valence-corrected chi connectivity index (χ4v) is 1.48. The van der Waals surface area contributed by atoms with Crippen molar-refractivity contribution >= 4 is 0 Å². The lowest BCUT2D eigenvalue weighted by Crippen LogP contribution is -2.40. The van der Waals surface area contributed by atoms with Gasteiger partial charge in [0, 0.05) is 38.9 Å². The van der Waals surface area contributed by atoms with Gasteiger partial charge in [0.25, 0.3) is 0 Å². The molecular weight excluding hydrogens is 222 g/mol. The predicted octanol–water partition coefficient (Wildman–Crippen LogP) is 2.62. The zero-order chi connectivity index (χ0) is 14.2. The number of hydrogen-bond donors (Lipinski definition) is 2. The molecule has 0 aromatic rings. The first-order valence-electron chi connectivity index (χ1n) is 7.13. The lowest BCUT2D eigenvalue weighted by Gasteiger charge is -2.21. The molecule has 0 radical (unpaired) electrons. The summed E-state index contributed by atoms with van der Waals surface area (Å²) >= 11 is 0. The molecule has 0 spiro atoms. The molecule has 0 atom stereocenters. The van der Waals surface area contributed by atoms with Crippen LogP contribution in [0.25, 0.3) is 0 Å². The van der Waals surface area contributed by atoms with E-state index in [4.69, 9.17) is 0 Å². The van der Waals surface area contributed by atoms with E-state index >= 15 is 0 Å². The van der Waals surface area contributed by atoms with E-state index in [0.29, 0.717) is 0 Å². The number of nitrogens with zero attached hydrogens (tertiary/aromatic N) is 1. The Morgan fingerprint density at radius 2 is 1.89 bits per heavy atom. The molecule has 1 saturated heterocycles. The van der Waals surface area contributed by atoms with Gasteiger partial charge in [0.05, 0.1) is 0 Å². The molecule has 3 nitrogen and oxygen atoms in total. The molecule has 1 aliphatic heterocycles. The predicted molar refractivity (Wildman–Crippen MR) is 84.0 cm³/mol. The van der Waals surface area contributed by atoms with Gasteiger partial charge in [-0.3, -0.25) is 0 Å². The van der Waals surface area contributed by atoms with Crippen LogP contribution in [-0.4, -0.2) is 45.2 Å². The SMILES string of the molecule is C=C/C=C(\CCC)NC.CC.CN1CCNCC1. The zero-order valence-corrected chi connectivity index (χ0v) is 13.1. The lowest BCUT2D eigenvalue weighted by molar-refractivity contribution is 0.291. The van der Waals surface area contributed by atoms with Crippen molar-refractivity contribution in [3.05, 3.63) is 24.4 Å². The van der Waals surface area contributed by atoms with Crippen molar-refractivity contribution in [3.63, 3.8) is 0 Å². The molecule has 1 rings (SSSR count). The number of hydrogen-bond acceptors (Lipinski definition) is 3. The van der Waals surface area contributed by atoms with E-state index in [1.54, 1.807) is 0 Å². The van der Waals surface area contributed by atoms with E-state index < -0.39 is 0 Å². The minimum atomic E-state index is 1.11. The van der Waals surface area contributed by atoms with Crippen molar-refractivity contribution in [2.45, 2.75) is 33.6 Å². The Kier molecular flexibility index (Phi) is 17.6. The minimum absolute atomic E-state index is 1.11. The van der Waals surface area contributed by atoms with Crippen molar-refractivity contribution in [1.29, 1.82) is 0 Å². The maximum atomic E-state index is 3.61. The average molecular weight is 255 g/mol. The molecule has 1 fully saturated rings. The number of piperazine rings is 1. The first-order chi connectivity index (χ1) is 8.74. The normalized spacial score (nSPS) is 15.7. The molecular formula is C15H33N3. The third-order valence-corrected chi connectivity index (χ3v) is 2.50. The Balaban J connectivity index is 0. The highest BCUT2D eigenvalue weighted by Gasteiger charge is 2.01. The fourth-order valence-electron chi connectivity index (χ4n) is 1.48. The van der Waals surface area contributed by atoms with Crippen LogP contribution in [0.1, 0.15) is 33.6 Å². The molecule has 108 valence electrons. The third-order valence-electron chi connectivity index (χ3n) is 2.50. The summed E-state index contributed by atoms with van der Waals surface area (Å²) in [6, 6.07) is 0. The van der Waals surface area contributed by atoms with Crippen LogP contribution in [0.2, 0.25) is 0 Å². The van der Waals surface area contributed by atoms with Gasteiger partial charge in [0.15, 0.2) is 0 Å². The van der Waals surface area contributed by atoms with Crippen LogP contribution >= 0.6 is 0 Å². The summed E-state index contributed by atoms with van der Waals surface area (Å²) in [5.41, 5.74) is 1.26. The van der Waals surface area contributed by atoms with Gasteiger partial charge in [-0.25, -0.2) is 0 Å². The van der Waals surface area contributed by atoms with Gasteiger partial charge < -0.3 is 15.5 Å². The van der Waals surface area contributed by atoms with Crippen molar-refractivity contribution in [3.8, 4) is 0 Å². The summed E-state index contributed by atoms with van der Waals surface area (Å²) in [5.74, 6) is 0. The third kappa shape index (κ3) is 13.3. The molecule has 0 unspecified atom stereocenters. The Hall–Kier alpha value is -0.800. The van der Waals surface area contributed by atoms with Gasteiger partial charge in [-0.05, 0) is 19.5 Å². The van der Waals surface area contributed by atoms with Gasteiger partial charge in [-0.2, -0.15) is 0 Å². The van der Waals surface area contributed by atoms with Crippen LogP contribution in [0.3, 0.4) is 0 Å². The minimum Gasteiger partial charge on any atom is -0.391 e. The summed E-state index contributed by atoms with van der Waals surface area (Å²) < 4.78 is 0. The Morgan fingerprint density at radius 3 is 2.17 bits per heavy atom. The number of likely N-dealkylation sites (N-methyl/N-ethyl adjacent to an activating group) is 1. The second kappa shape index (κ2) is 16.2. The van der Waals surface area contributed by atoms with Crippen LogP contribution in [0.4, 0.5) is 0 Å². The van der Waals surface area contributed by atoms with Crippen molar-refractivity contribution < 1.29 is 0 Å². The van der Waals surface area contributed by atoms with Crippen LogP contribution in [0.15, 0.2) is 24.4 Å². The van der Waals surface area contributed by atoms with Gasteiger partial charge in [0.2, 0.25) is 0 Å². The number of rotatable bonds is 4. The van der Waals surface area contributed by atoms with E-state index in [1.165, 1.54) is 25.2 Å². The van der Waals surface area contributed by atoms with E-state index in [-0.39, 0.29) is 0 Å². The van der Waals surface area contributed by atoms with E-state index in [1.807, 2.05) is 33.0 Å². The van der Waals surface area contributed by atoms with Gasteiger partial charge >= 0.3 is 0 Å². The second-order valence-electron chi connectivity index (χ2n) is 3.98. The smallest absolute Gasteiger partial charge is 0.0104 e. The molecule has 0 aromatic carbocycles. The highest BCUT2D eigenvalue weighted by molar-refractivity contribution is 5.07. The van der Waals surface area contributed by atoms with Crippen molar-refractivity contribution in [2.24, 2.45) is 0 Å². The Bertz CT molecular complexity index is 194. The maximum absolute atomic E-state index is 3.61. The standard InChI is InChI=1S/C8H15N.C5H12N2.C2H6/c1-4-6-8(9-3)7-5-2;1-7-4-2-6-3-5-7;1-2/h4,6,9H,1,5,7H2,2-3H3;6H,2-5H2,1H3;1-2H3/b8-6+;;. The van der Waals surface area contributed by atoms with Gasteiger partial charge in [-0.1, -0.05) is 39.8 Å². The van der Waals surface area contributed by atoms with E-state index in [2.05, 4.69) is 36.1 Å². The van der Waals surface area contributed by atoms with Crippen molar-refractivity contribution in [2.75, 3.05) is 40.3 Å². The number of allylic oxidation sites excluding steroid dienone is 3. The highest BCUT2D eigenvalue weighted by atomic mass is 15.2. The Morgan fingerprint density at radius 1 is 1.33 bits per heavy atom. The lowest BCUT2D eigenvalue weighted by atomic mass is 10.2. The topological polar surface area (TPSA) is 27.3 Å². The monoisotopic (exact) mass is 255 g/mol. The summed E-state index contributed by atoms with van der Waals surface area (Å²) in [4.78, 5) is 2.33. The molecule has 2 N–H and O–H groups in total. The molecule has 18 heavy (non-hydrogen) atoms. The van der Waals surface area contributed by atoms with Crippen LogP contribution < -0.4 is 10.6 Å². The van der Waals surface area contributed by atoms with Gasteiger partial charge in [-0.15, -0.1) is 0 Å². The molecule has 0 aliphatic carbocycles. The van der Waals surface area contributed by atoms with Crippen LogP contribution in [0, 0.1) is 0 Å². The largest absolute Gasteiger partial charge is 0.391 e. The van der Waals surface area contributed by atoms with Gasteiger partial charge in [0.1, 0.15) is 0 Å². The molecule has 1 aliphatic rings. The summed E-state index contributed by atoms with van der Waals surface area (Å²) in [6.45, 7) is 14.5. The van der Waals surface area contributed by atoms with Crippen molar-refractivity contribution in [1.82, 2.24) is 15.5 Å². The Labute approximate surface area is 114 Å².